The largest absolute Gasteiger partial charge is 0.252 e. The van der Waals surface area contributed by atoms with Crippen molar-refractivity contribution in [2.45, 2.75) is 105 Å². The minimum Gasteiger partial charge on any atom is -0.252 e. The van der Waals surface area contributed by atoms with Gasteiger partial charge in [0.05, 0.1) is 22.8 Å². The first-order chi connectivity index (χ1) is 17.7. The Morgan fingerprint density at radius 2 is 1.11 bits per heavy atom. The first kappa shape index (κ1) is 32.4. The van der Waals surface area contributed by atoms with Crippen molar-refractivity contribution in [3.63, 3.8) is 0 Å². The Kier molecular flexibility index (Phi) is 17.9. The summed E-state index contributed by atoms with van der Waals surface area (Å²) in [6.07, 6.45) is 13.2. The van der Waals surface area contributed by atoms with E-state index in [0.29, 0.717) is 0 Å². The molecule has 0 aromatic heterocycles. The fourth-order valence-electron chi connectivity index (χ4n) is 3.83. The summed E-state index contributed by atoms with van der Waals surface area (Å²) < 4.78 is 0. The van der Waals surface area contributed by atoms with Gasteiger partial charge in [-0.25, -0.2) is 0 Å². The topological polar surface area (TPSA) is 24.7 Å². The molecule has 37 heavy (non-hydrogen) atoms. The van der Waals surface area contributed by atoms with E-state index in [4.69, 9.17) is 9.98 Å². The molecule has 0 fully saturated rings. The Bertz CT molecular complexity index is 1110. The average molecular weight is 539 g/mol. The number of rotatable bonds is 13. The second-order valence-corrected chi connectivity index (χ2v) is 9.19. The molecule has 0 N–H and O–H groups in total. The molecule has 2 aromatic carbocycles. The third-order valence-corrected chi connectivity index (χ3v) is 5.93. The fourth-order valence-corrected chi connectivity index (χ4v) is 3.83. The van der Waals surface area contributed by atoms with Crippen molar-refractivity contribution in [1.29, 1.82) is 0 Å². The molecule has 0 saturated carbocycles. The quantitative estimate of drug-likeness (QED) is 0.105. The van der Waals surface area contributed by atoms with Crippen molar-refractivity contribution in [2.75, 3.05) is 0 Å². The van der Waals surface area contributed by atoms with E-state index in [0.717, 1.165) is 72.4 Å². The molecule has 3 heteroatoms. The number of unbranched alkanes of at least 4 members (excludes halogenated alkanes) is 7. The normalized spacial score (nSPS) is 11.1. The molecule has 0 unspecified atom stereocenters. The summed E-state index contributed by atoms with van der Waals surface area (Å²) in [5.41, 5.74) is 6.08. The van der Waals surface area contributed by atoms with Crippen molar-refractivity contribution in [1.82, 2.24) is 0 Å². The van der Waals surface area contributed by atoms with Crippen LogP contribution in [-0.2, 0) is 16.5 Å². The molecule has 0 saturated heterocycles. The van der Waals surface area contributed by atoms with Gasteiger partial charge in [0.25, 0.3) is 0 Å². The SMILES string of the molecule is CCCCCC#Cc1cccc(N=C(CC)C(CCCC)=Nc2cccc(C#CCCCCC)c2)c1.[Ni]. The minimum absolute atomic E-state index is 0. The van der Waals surface area contributed by atoms with Crippen LogP contribution >= 0.6 is 0 Å². The Morgan fingerprint density at radius 3 is 1.57 bits per heavy atom. The van der Waals surface area contributed by atoms with Crippen molar-refractivity contribution in [3.8, 4) is 23.7 Å². The summed E-state index contributed by atoms with van der Waals surface area (Å²) in [7, 11) is 0. The Hall–Kier alpha value is -2.61. The molecular weight excluding hydrogens is 495 g/mol. The van der Waals surface area contributed by atoms with Gasteiger partial charge in [-0.2, -0.15) is 0 Å². The fraction of sp³-hybridized carbons (Fsp3) is 0.471. The number of hydrogen-bond acceptors (Lipinski definition) is 2. The summed E-state index contributed by atoms with van der Waals surface area (Å²) in [5, 5.41) is 0. The third kappa shape index (κ3) is 13.5. The summed E-state index contributed by atoms with van der Waals surface area (Å²) in [4.78, 5) is 10.1. The predicted octanol–water partition coefficient (Wildman–Crippen LogP) is 9.99. The molecule has 2 nitrogen and oxygen atoms in total. The van der Waals surface area contributed by atoms with Crippen LogP contribution in [0.1, 0.15) is 116 Å². The summed E-state index contributed by atoms with van der Waals surface area (Å²) >= 11 is 0. The average Bonchev–Trinajstić information content (AvgIpc) is 2.90. The number of nitrogens with zero attached hydrogens (tertiary/aromatic N) is 2. The van der Waals surface area contributed by atoms with Crippen LogP contribution in [0.3, 0.4) is 0 Å². The molecule has 2 rings (SSSR count). The van der Waals surface area contributed by atoms with Crippen molar-refractivity contribution in [2.24, 2.45) is 9.98 Å². The minimum atomic E-state index is 0. The molecule has 0 aliphatic heterocycles. The van der Waals surface area contributed by atoms with E-state index in [9.17, 15) is 0 Å². The van der Waals surface area contributed by atoms with Gasteiger partial charge in [0.1, 0.15) is 0 Å². The van der Waals surface area contributed by atoms with E-state index in [-0.39, 0.29) is 16.5 Å². The van der Waals surface area contributed by atoms with Gasteiger partial charge in [-0.15, -0.1) is 0 Å². The molecular formula is C34H44N2Ni. The maximum atomic E-state index is 5.07. The summed E-state index contributed by atoms with van der Waals surface area (Å²) in [5.74, 6) is 13.3. The van der Waals surface area contributed by atoms with E-state index < -0.39 is 0 Å². The van der Waals surface area contributed by atoms with Crippen LogP contribution in [0.15, 0.2) is 58.5 Å². The first-order valence-corrected chi connectivity index (χ1v) is 14.0. The van der Waals surface area contributed by atoms with Crippen molar-refractivity contribution < 1.29 is 16.5 Å². The van der Waals surface area contributed by atoms with E-state index in [1.54, 1.807) is 0 Å². The molecule has 0 spiro atoms. The van der Waals surface area contributed by atoms with E-state index in [1.807, 2.05) is 6.07 Å². The Labute approximate surface area is 236 Å². The smallest absolute Gasteiger partial charge is 0.0646 e. The monoisotopic (exact) mass is 538 g/mol. The Morgan fingerprint density at radius 1 is 0.622 bits per heavy atom. The van der Waals surface area contributed by atoms with Gasteiger partial charge in [-0.1, -0.05) is 95.6 Å². The van der Waals surface area contributed by atoms with E-state index >= 15 is 0 Å². The molecule has 0 aliphatic carbocycles. The standard InChI is InChI=1S/C34H44N2.Ni/c1-5-9-12-14-16-20-29-22-18-24-31(27-29)35-33(8-4)34(26-11-7-3)36-32-25-19-23-30(28-32)21-17-15-13-10-6-2;/h18-19,22-25,27-28H,5-15,26H2,1-4H3;. The zero-order valence-corrected chi connectivity index (χ0v) is 24.3. The maximum absolute atomic E-state index is 5.07. The molecule has 0 heterocycles. The second kappa shape index (κ2) is 20.5. The number of benzene rings is 2. The van der Waals surface area contributed by atoms with Crippen LogP contribution in [0.2, 0.25) is 0 Å². The second-order valence-electron chi connectivity index (χ2n) is 9.19. The predicted molar refractivity (Wildman–Crippen MR) is 159 cm³/mol. The van der Waals surface area contributed by atoms with Gasteiger partial charge in [0, 0.05) is 40.5 Å². The maximum Gasteiger partial charge on any atom is 0.0646 e. The van der Waals surface area contributed by atoms with Gasteiger partial charge in [0.2, 0.25) is 0 Å². The first-order valence-electron chi connectivity index (χ1n) is 14.0. The molecule has 200 valence electrons. The molecule has 0 amide bonds. The molecule has 2 aromatic rings. The van der Waals surface area contributed by atoms with Gasteiger partial charge >= 0.3 is 0 Å². The van der Waals surface area contributed by atoms with Crippen molar-refractivity contribution in [3.05, 3.63) is 59.7 Å². The number of hydrogen-bond donors (Lipinski definition) is 0. The summed E-state index contributed by atoms with van der Waals surface area (Å²) in [6.45, 7) is 8.83. The van der Waals surface area contributed by atoms with Crippen LogP contribution in [0.5, 0.6) is 0 Å². The van der Waals surface area contributed by atoms with Crippen LogP contribution in [0.25, 0.3) is 0 Å². The molecule has 0 bridgehead atoms. The number of aliphatic imine (C=N–C) groups is 2. The van der Waals surface area contributed by atoms with Crippen LogP contribution in [0, 0.1) is 23.7 Å². The van der Waals surface area contributed by atoms with Gasteiger partial charge in [0.15, 0.2) is 0 Å². The summed E-state index contributed by atoms with van der Waals surface area (Å²) in [6, 6.07) is 16.6. The molecule has 0 aliphatic rings. The van der Waals surface area contributed by atoms with Crippen LogP contribution < -0.4 is 0 Å². The van der Waals surface area contributed by atoms with Crippen molar-refractivity contribution >= 4 is 22.8 Å². The third-order valence-electron chi connectivity index (χ3n) is 5.93. The zero-order chi connectivity index (χ0) is 25.8. The molecule has 0 atom stereocenters. The van der Waals surface area contributed by atoms with Crippen LogP contribution in [-0.4, -0.2) is 11.4 Å². The Balaban J connectivity index is 0.00000684. The zero-order valence-electron chi connectivity index (χ0n) is 23.3. The molecule has 0 radical (unpaired) electrons. The van der Waals surface area contributed by atoms with Crippen LogP contribution in [0.4, 0.5) is 11.4 Å². The van der Waals surface area contributed by atoms with Gasteiger partial charge < -0.3 is 0 Å². The van der Waals surface area contributed by atoms with E-state index in [2.05, 4.69) is 93.8 Å². The van der Waals surface area contributed by atoms with E-state index in [1.165, 1.54) is 38.5 Å². The van der Waals surface area contributed by atoms with Gasteiger partial charge in [-0.3, -0.25) is 9.98 Å². The van der Waals surface area contributed by atoms with Gasteiger partial charge in [-0.05, 0) is 68.5 Å².